The van der Waals surface area contributed by atoms with Crippen LogP contribution in [0.4, 0.5) is 0 Å². The molecule has 5 saturated heterocycles. The molecule has 21 heteroatoms. The molecule has 5 aliphatic heterocycles. The van der Waals surface area contributed by atoms with Crippen LogP contribution in [0.25, 0.3) is 0 Å². The number of nitrogens with one attached hydrogen (secondary N) is 1. The van der Waals surface area contributed by atoms with E-state index in [1.807, 2.05) is 109 Å². The molecule has 0 saturated carbocycles. The molecule has 12 unspecified atom stereocenters. The lowest BCUT2D eigenvalue weighted by Gasteiger charge is -2.42. The number of methoxy groups -OCH3 is 4. The average Bonchev–Trinajstić information content (AvgIpc) is 0.924. The van der Waals surface area contributed by atoms with Crippen molar-refractivity contribution in [2.45, 2.75) is 151 Å². The zero-order valence-electron chi connectivity index (χ0n) is 58.6. The minimum Gasteiger partial charge on any atom is -0.497 e. The highest BCUT2D eigenvalue weighted by Gasteiger charge is 2.42. The Balaban J connectivity index is 0.000000199. The summed E-state index contributed by atoms with van der Waals surface area (Å²) in [6.45, 7) is 23.4. The van der Waals surface area contributed by atoms with Gasteiger partial charge in [0.2, 0.25) is 0 Å². The number of likely N-dealkylation sites (N-methyl/N-ethyl adjacent to an activating group) is 3. The number of epoxide rings is 1. The zero-order valence-corrected chi connectivity index (χ0v) is 58.6. The van der Waals surface area contributed by atoms with Crippen LogP contribution in [-0.2, 0) is 42.6 Å². The number of piperidine rings is 4. The van der Waals surface area contributed by atoms with Gasteiger partial charge in [-0.05, 0) is 132 Å². The average molecular weight is 1320 g/mol. The Hall–Kier alpha value is -4.60. The molecule has 5 N–H and O–H groups in total. The topological polar surface area (TPSA) is 226 Å². The Morgan fingerprint density at radius 1 is 0.394 bits per heavy atom. The highest BCUT2D eigenvalue weighted by molar-refractivity contribution is 5.35. The van der Waals surface area contributed by atoms with Gasteiger partial charge < -0.3 is 102 Å². The molecule has 0 amide bonds. The van der Waals surface area contributed by atoms with Crippen LogP contribution >= 0.6 is 0 Å². The molecule has 0 radical (unpaired) electrons. The highest BCUT2D eigenvalue weighted by Crippen LogP contribution is 2.38. The fourth-order valence-electron chi connectivity index (χ4n) is 12.9. The van der Waals surface area contributed by atoms with Crippen LogP contribution in [-0.4, -0.2) is 276 Å². The molecular weight excluding hydrogens is 1200 g/mol. The number of rotatable bonds is 31. The Kier molecular flexibility index (Phi) is 35.2. The van der Waals surface area contributed by atoms with Gasteiger partial charge in [-0.3, -0.25) is 0 Å². The Morgan fingerprint density at radius 3 is 0.926 bits per heavy atom. The van der Waals surface area contributed by atoms with Crippen molar-refractivity contribution in [2.75, 3.05) is 168 Å². The Bertz CT molecular complexity index is 2520. The summed E-state index contributed by atoms with van der Waals surface area (Å²) in [5.74, 6) is 3.97. The zero-order chi connectivity index (χ0) is 67.9. The van der Waals surface area contributed by atoms with Crippen LogP contribution in [0.1, 0.15) is 100 Å². The molecule has 94 heavy (non-hydrogen) atoms. The summed E-state index contributed by atoms with van der Waals surface area (Å²) in [4.78, 5) is 6.71. The third-order valence-electron chi connectivity index (χ3n) is 17.9. The van der Waals surface area contributed by atoms with Crippen molar-refractivity contribution in [3.05, 3.63) is 119 Å². The molecular formula is C73H116N4O17. The van der Waals surface area contributed by atoms with Gasteiger partial charge in [-0.25, -0.2) is 0 Å². The molecule has 0 bridgehead atoms. The van der Waals surface area contributed by atoms with Crippen LogP contribution < -0.4 is 24.3 Å². The van der Waals surface area contributed by atoms with Crippen molar-refractivity contribution in [1.82, 2.24) is 20.0 Å². The van der Waals surface area contributed by atoms with Crippen LogP contribution in [0, 0.1) is 0 Å². The third kappa shape index (κ3) is 24.7. The van der Waals surface area contributed by atoms with Crippen LogP contribution in [0.15, 0.2) is 97.1 Å². The van der Waals surface area contributed by atoms with Gasteiger partial charge in [0, 0.05) is 102 Å². The first-order chi connectivity index (χ1) is 45.6. The monoisotopic (exact) mass is 1320 g/mol. The lowest BCUT2D eigenvalue weighted by Crippen LogP contribution is -2.51. The van der Waals surface area contributed by atoms with Gasteiger partial charge in [-0.15, -0.1) is 0 Å². The molecule has 530 valence electrons. The fraction of sp³-hybridized carbons (Fsp3) is 0.671. The molecule has 16 atom stereocenters. The van der Waals surface area contributed by atoms with Gasteiger partial charge in [0.1, 0.15) is 35.2 Å². The number of hydrogen-bond donors (Lipinski definition) is 5. The van der Waals surface area contributed by atoms with E-state index < -0.39 is 18.3 Å². The summed E-state index contributed by atoms with van der Waals surface area (Å²) in [6.07, 6.45) is 0.240. The van der Waals surface area contributed by atoms with Gasteiger partial charge in [-0.1, -0.05) is 62.4 Å². The van der Waals surface area contributed by atoms with E-state index in [1.165, 1.54) is 16.7 Å². The standard InChI is InChI=1S/C19H31NO4.C18H29NO5.C18H27NO4.C18H29NO4/c1-5-15(21)13-24-18-12-20(3)11-17(23-6-2)19(18)14-7-9-16(22-4)10-8-14;1-4-23-16-9-19(2)10-17(24-12-14(21)11-20)18(16)13-5-7-15(22-3)8-6-13;1-4-21-16-9-19(2)10-17(23-12-15-11-22-15)18(16)13-5-7-14(20-3)8-6-13;1-4-14(20)12-23-17-11-19-10-16(22-5-2)18(17)13-6-8-15(21-3)9-7-13/h7-10,15,17-19,21H,5-6,11-13H2,1-4H3;5-8,14,16-18,20-21H,4,9-12H2,1-3H3;5-8,15-18H,4,9-12H2,1-3H3;6-9,14,16-20H,4-5,10-12H2,1-3H3/t15?,17?,18?,19-;14?,16?,17?,18-;15?,16?,17?,18-;14?,16?,17?,18-/m1111/s1. The second kappa shape index (κ2) is 42.3. The number of aliphatic hydroxyl groups excluding tert-OH is 4. The van der Waals surface area contributed by atoms with Gasteiger partial charge >= 0.3 is 0 Å². The van der Waals surface area contributed by atoms with E-state index in [9.17, 15) is 15.3 Å². The van der Waals surface area contributed by atoms with Crippen molar-refractivity contribution in [1.29, 1.82) is 0 Å². The fourth-order valence-corrected chi connectivity index (χ4v) is 12.9. The van der Waals surface area contributed by atoms with Gasteiger partial charge in [-0.2, -0.15) is 0 Å². The van der Waals surface area contributed by atoms with Crippen molar-refractivity contribution < 1.29 is 82.0 Å². The van der Waals surface area contributed by atoms with E-state index in [4.69, 9.17) is 66.7 Å². The Morgan fingerprint density at radius 2 is 0.649 bits per heavy atom. The van der Waals surface area contributed by atoms with E-state index in [-0.39, 0.29) is 91.8 Å². The normalized spacial score (nSPS) is 27.4. The molecule has 0 aliphatic carbocycles. The first-order valence-corrected chi connectivity index (χ1v) is 34.1. The first kappa shape index (κ1) is 78.4. The van der Waals surface area contributed by atoms with Crippen LogP contribution in [0.2, 0.25) is 0 Å². The summed E-state index contributed by atoms with van der Waals surface area (Å²) in [5.41, 5.74) is 4.75. The van der Waals surface area contributed by atoms with Gasteiger partial charge in [0.05, 0.1) is 129 Å². The lowest BCUT2D eigenvalue weighted by molar-refractivity contribution is -0.102. The molecule has 21 nitrogen and oxygen atoms in total. The number of aliphatic hydroxyl groups is 4. The molecule has 5 heterocycles. The number of likely N-dealkylation sites (tertiary alicyclic amines) is 3. The maximum absolute atomic E-state index is 9.86. The summed E-state index contributed by atoms with van der Waals surface area (Å²) in [5, 5.41) is 41.7. The number of ether oxygens (including phenoxy) is 13. The lowest BCUT2D eigenvalue weighted by atomic mass is 9.84. The van der Waals surface area contributed by atoms with Gasteiger partial charge in [0.15, 0.2) is 0 Å². The SMILES string of the molecule is CCOC1CN(C)CC(OCC(O)CC)[C@@H]1c1ccc(OC)cc1.CCOC1CN(C)CC(OCC(O)CO)[C@@H]1c1ccc(OC)cc1.CCOC1CN(C)CC(OCC2CO2)[C@@H]1c1ccc(OC)cc1.CCOC1CNCC(OCC(O)CC)[C@@H]1c1ccc(OC)cc1. The van der Waals surface area contributed by atoms with E-state index in [0.29, 0.717) is 59.1 Å². The maximum atomic E-state index is 9.86. The predicted octanol–water partition coefficient (Wildman–Crippen LogP) is 7.01. The molecule has 9 rings (SSSR count). The van der Waals surface area contributed by atoms with Crippen molar-refractivity contribution in [3.8, 4) is 23.0 Å². The van der Waals surface area contributed by atoms with E-state index in [1.54, 1.807) is 28.4 Å². The van der Waals surface area contributed by atoms with Gasteiger partial charge in [0.25, 0.3) is 0 Å². The third-order valence-corrected chi connectivity index (χ3v) is 17.9. The first-order valence-electron chi connectivity index (χ1n) is 34.1. The Labute approximate surface area is 561 Å². The minimum atomic E-state index is -0.862. The summed E-state index contributed by atoms with van der Waals surface area (Å²) in [7, 11) is 12.9. The predicted molar refractivity (Wildman–Crippen MR) is 364 cm³/mol. The molecule has 0 spiro atoms. The largest absolute Gasteiger partial charge is 0.497 e. The maximum Gasteiger partial charge on any atom is 0.118 e. The van der Waals surface area contributed by atoms with Crippen LogP contribution in [0.5, 0.6) is 23.0 Å². The number of hydrogen-bond acceptors (Lipinski definition) is 21. The van der Waals surface area contributed by atoms with Crippen molar-refractivity contribution >= 4 is 0 Å². The van der Waals surface area contributed by atoms with E-state index in [2.05, 4.69) is 70.5 Å². The summed E-state index contributed by atoms with van der Waals surface area (Å²) < 4.78 is 74.5. The van der Waals surface area contributed by atoms with E-state index >= 15 is 0 Å². The minimum absolute atomic E-state index is 0.00473. The smallest absolute Gasteiger partial charge is 0.118 e. The molecule has 5 aliphatic rings. The van der Waals surface area contributed by atoms with Crippen LogP contribution in [0.3, 0.4) is 0 Å². The molecule has 0 aromatic heterocycles. The quantitative estimate of drug-likeness (QED) is 0.0320. The number of benzene rings is 4. The second-order valence-electron chi connectivity index (χ2n) is 24.9. The summed E-state index contributed by atoms with van der Waals surface area (Å²) in [6, 6.07) is 32.5. The second-order valence-corrected chi connectivity index (χ2v) is 24.9. The molecule has 5 fully saturated rings. The number of nitrogens with zero attached hydrogens (tertiary/aromatic N) is 3. The van der Waals surface area contributed by atoms with Crippen molar-refractivity contribution in [2.24, 2.45) is 0 Å². The molecule has 4 aromatic carbocycles. The van der Waals surface area contributed by atoms with E-state index in [0.717, 1.165) is 87.5 Å². The highest BCUT2D eigenvalue weighted by atomic mass is 16.6. The summed E-state index contributed by atoms with van der Waals surface area (Å²) >= 11 is 0. The molecule has 4 aromatic rings. The van der Waals surface area contributed by atoms with Crippen molar-refractivity contribution in [3.63, 3.8) is 0 Å².